The van der Waals surface area contributed by atoms with E-state index in [4.69, 9.17) is 9.72 Å². The van der Waals surface area contributed by atoms with Crippen LogP contribution in [0.15, 0.2) is 30.5 Å². The lowest BCUT2D eigenvalue weighted by atomic mass is 10.1. The highest BCUT2D eigenvalue weighted by atomic mass is 16.6. The van der Waals surface area contributed by atoms with Gasteiger partial charge in [0.2, 0.25) is 0 Å². The Bertz CT molecular complexity index is 1300. The largest absolute Gasteiger partial charge is 0.441 e. The lowest BCUT2D eigenvalue weighted by Gasteiger charge is -2.36. The van der Waals surface area contributed by atoms with Crippen LogP contribution in [0, 0.1) is 6.92 Å². The number of ether oxygens (including phenoxy) is 1. The molecular formula is C28H34N6O4. The number of rotatable bonds is 5. The van der Waals surface area contributed by atoms with Crippen molar-refractivity contribution in [3.8, 4) is 0 Å². The van der Waals surface area contributed by atoms with Crippen molar-refractivity contribution in [3.63, 3.8) is 0 Å². The topological polar surface area (TPSA) is 98.3 Å². The molecule has 1 aromatic carbocycles. The molecule has 6 rings (SSSR count). The molecule has 1 saturated carbocycles. The Balaban J connectivity index is 1.21. The van der Waals surface area contributed by atoms with Gasteiger partial charge in [0.1, 0.15) is 11.4 Å². The van der Waals surface area contributed by atoms with Gasteiger partial charge >= 0.3 is 12.1 Å². The number of carbonyl (C=O) groups is 3. The van der Waals surface area contributed by atoms with Gasteiger partial charge in [0, 0.05) is 51.2 Å². The molecule has 4 fully saturated rings. The Morgan fingerprint density at radius 1 is 1.05 bits per heavy atom. The average molecular weight is 519 g/mol. The minimum Gasteiger partial charge on any atom is -0.441 e. The maximum absolute atomic E-state index is 13.7. The number of aryl methyl sites for hydroxylation is 1. The number of hydrogen-bond acceptors (Lipinski definition) is 6. The number of aromatic nitrogens is 1. The van der Waals surface area contributed by atoms with Gasteiger partial charge in [-0.1, -0.05) is 6.07 Å². The first-order valence-electron chi connectivity index (χ1n) is 13.4. The molecule has 200 valence electrons. The Morgan fingerprint density at radius 3 is 2.42 bits per heavy atom. The van der Waals surface area contributed by atoms with Gasteiger partial charge in [-0.15, -0.1) is 0 Å². The third-order valence-corrected chi connectivity index (χ3v) is 7.78. The molecule has 4 aliphatic rings. The number of anilines is 3. The van der Waals surface area contributed by atoms with Crippen LogP contribution >= 0.6 is 0 Å². The number of nitrogens with zero attached hydrogens (tertiary/aromatic N) is 5. The standard InChI is InChI=1S/C28H34N6O4/c1-18-14-20(19-4-5-19)16-30-24(18)31-10-12-32(13-11-31)25(35)22-7-6-21(34-17-28(2,3)38-27(34)37)15-23(22)33-9-8-29-26(33)36/h6-7,14-16,19H,4-5,8-13,17H2,1-3H3,(H,29,36). The van der Waals surface area contributed by atoms with Crippen LogP contribution < -0.4 is 20.0 Å². The quantitative estimate of drug-likeness (QED) is 0.651. The van der Waals surface area contributed by atoms with Crippen LogP contribution in [0.25, 0.3) is 0 Å². The number of nitrogens with one attached hydrogen (secondary N) is 1. The number of carbonyl (C=O) groups excluding carboxylic acids is 3. The second-order valence-corrected chi connectivity index (χ2v) is 11.3. The summed E-state index contributed by atoms with van der Waals surface area (Å²) in [6.45, 7) is 9.66. The van der Waals surface area contributed by atoms with Gasteiger partial charge in [0.25, 0.3) is 5.91 Å². The Hall–Kier alpha value is -3.82. The van der Waals surface area contributed by atoms with E-state index in [1.165, 1.54) is 24.0 Å². The number of amides is 4. The fourth-order valence-electron chi connectivity index (χ4n) is 5.61. The van der Waals surface area contributed by atoms with Gasteiger partial charge < -0.3 is 19.9 Å². The minimum absolute atomic E-state index is 0.121. The smallest absolute Gasteiger partial charge is 0.415 e. The molecule has 38 heavy (non-hydrogen) atoms. The van der Waals surface area contributed by atoms with Crippen LogP contribution in [0.5, 0.6) is 0 Å². The van der Waals surface area contributed by atoms with Crippen molar-refractivity contribution in [2.24, 2.45) is 0 Å². The maximum atomic E-state index is 13.7. The predicted molar refractivity (Wildman–Crippen MR) is 144 cm³/mol. The van der Waals surface area contributed by atoms with E-state index in [1.54, 1.807) is 28.0 Å². The van der Waals surface area contributed by atoms with Gasteiger partial charge in [-0.3, -0.25) is 14.6 Å². The van der Waals surface area contributed by atoms with E-state index >= 15 is 0 Å². The molecule has 2 aromatic rings. The summed E-state index contributed by atoms with van der Waals surface area (Å²) in [4.78, 5) is 50.8. The summed E-state index contributed by atoms with van der Waals surface area (Å²) in [6, 6.07) is 7.25. The first kappa shape index (κ1) is 24.5. The average Bonchev–Trinajstić information content (AvgIpc) is 3.60. The van der Waals surface area contributed by atoms with Crippen molar-refractivity contribution >= 4 is 35.2 Å². The van der Waals surface area contributed by atoms with Crippen molar-refractivity contribution in [2.45, 2.75) is 45.1 Å². The van der Waals surface area contributed by atoms with E-state index in [1.807, 2.05) is 24.9 Å². The zero-order valence-electron chi connectivity index (χ0n) is 22.2. The van der Waals surface area contributed by atoms with E-state index < -0.39 is 11.7 Å². The van der Waals surface area contributed by atoms with Gasteiger partial charge in [-0.2, -0.15) is 0 Å². The summed E-state index contributed by atoms with van der Waals surface area (Å²) >= 11 is 0. The molecule has 1 N–H and O–H groups in total. The molecular weight excluding hydrogens is 484 g/mol. The molecule has 3 aliphatic heterocycles. The Kier molecular flexibility index (Phi) is 5.92. The first-order valence-corrected chi connectivity index (χ1v) is 13.4. The van der Waals surface area contributed by atoms with Crippen LogP contribution in [-0.4, -0.2) is 79.3 Å². The molecule has 10 heteroatoms. The predicted octanol–water partition coefficient (Wildman–Crippen LogP) is 3.49. The lowest BCUT2D eigenvalue weighted by molar-refractivity contribution is 0.0746. The number of urea groups is 1. The van der Waals surface area contributed by atoms with E-state index in [0.29, 0.717) is 68.7 Å². The van der Waals surface area contributed by atoms with Crippen LogP contribution in [0.3, 0.4) is 0 Å². The second-order valence-electron chi connectivity index (χ2n) is 11.3. The number of cyclic esters (lactones) is 1. The molecule has 0 bridgehead atoms. The number of hydrogen-bond donors (Lipinski definition) is 1. The molecule has 1 aliphatic carbocycles. The van der Waals surface area contributed by atoms with Crippen LogP contribution in [0.1, 0.15) is 54.1 Å². The highest BCUT2D eigenvalue weighted by Gasteiger charge is 2.39. The van der Waals surface area contributed by atoms with E-state index in [0.717, 1.165) is 5.82 Å². The zero-order chi connectivity index (χ0) is 26.6. The van der Waals surface area contributed by atoms with Crippen molar-refractivity contribution in [1.82, 2.24) is 15.2 Å². The summed E-state index contributed by atoms with van der Waals surface area (Å²) in [5.74, 6) is 1.54. The number of piperazine rings is 1. The van der Waals surface area contributed by atoms with Gasteiger partial charge in [-0.05, 0) is 68.9 Å². The van der Waals surface area contributed by atoms with Gasteiger partial charge in [-0.25, -0.2) is 14.6 Å². The fraction of sp³-hybridized carbons (Fsp3) is 0.500. The summed E-state index contributed by atoms with van der Waals surface area (Å²) in [6.07, 6.45) is 4.08. The summed E-state index contributed by atoms with van der Waals surface area (Å²) in [5, 5.41) is 2.81. The van der Waals surface area contributed by atoms with E-state index in [-0.39, 0.29) is 11.9 Å². The van der Waals surface area contributed by atoms with E-state index in [2.05, 4.69) is 23.2 Å². The molecule has 4 heterocycles. The second kappa shape index (κ2) is 9.18. The van der Waals surface area contributed by atoms with Crippen molar-refractivity contribution in [1.29, 1.82) is 0 Å². The summed E-state index contributed by atoms with van der Waals surface area (Å²) in [5.41, 5.74) is 3.46. The molecule has 0 atom stereocenters. The monoisotopic (exact) mass is 518 g/mol. The third kappa shape index (κ3) is 4.52. The zero-order valence-corrected chi connectivity index (χ0v) is 22.2. The fourth-order valence-corrected chi connectivity index (χ4v) is 5.61. The molecule has 10 nitrogen and oxygen atoms in total. The van der Waals surface area contributed by atoms with Crippen molar-refractivity contribution < 1.29 is 19.1 Å². The highest BCUT2D eigenvalue weighted by molar-refractivity contribution is 6.06. The first-order chi connectivity index (χ1) is 18.2. The molecule has 0 unspecified atom stereocenters. The molecule has 4 amide bonds. The minimum atomic E-state index is -0.609. The summed E-state index contributed by atoms with van der Waals surface area (Å²) < 4.78 is 5.46. The third-order valence-electron chi connectivity index (χ3n) is 7.78. The molecule has 1 aromatic heterocycles. The maximum Gasteiger partial charge on any atom is 0.415 e. The van der Waals surface area contributed by atoms with E-state index in [9.17, 15) is 14.4 Å². The van der Waals surface area contributed by atoms with Gasteiger partial charge in [0.15, 0.2) is 0 Å². The number of benzene rings is 1. The summed E-state index contributed by atoms with van der Waals surface area (Å²) in [7, 11) is 0. The van der Waals surface area contributed by atoms with Crippen molar-refractivity contribution in [3.05, 3.63) is 47.2 Å². The van der Waals surface area contributed by atoms with Gasteiger partial charge in [0.05, 0.1) is 17.8 Å². The molecule has 3 saturated heterocycles. The molecule has 0 spiro atoms. The number of pyridine rings is 1. The Labute approximate surface area is 222 Å². The van der Waals surface area contributed by atoms with Crippen molar-refractivity contribution in [2.75, 3.05) is 60.5 Å². The normalized spacial score (nSPS) is 21.1. The lowest BCUT2D eigenvalue weighted by Crippen LogP contribution is -2.49. The molecule has 0 radical (unpaired) electrons. The van der Waals surface area contributed by atoms with Crippen LogP contribution in [0.2, 0.25) is 0 Å². The highest BCUT2D eigenvalue weighted by Crippen LogP contribution is 2.40. The van der Waals surface area contributed by atoms with Crippen LogP contribution in [0.4, 0.5) is 26.8 Å². The van der Waals surface area contributed by atoms with Crippen LogP contribution in [-0.2, 0) is 4.74 Å². The Morgan fingerprint density at radius 2 is 1.82 bits per heavy atom. The SMILES string of the molecule is Cc1cc(C2CC2)cnc1N1CCN(C(=O)c2ccc(N3CC(C)(C)OC3=O)cc2N2CCNC2=O)CC1.